The molecule has 45 heavy (non-hydrogen) atoms. The summed E-state index contributed by atoms with van der Waals surface area (Å²) in [5.41, 5.74) is -2.45. The van der Waals surface area contributed by atoms with E-state index in [4.69, 9.17) is 4.42 Å². The molecule has 0 spiro atoms. The zero-order chi connectivity index (χ0) is 32.6. The summed E-state index contributed by atoms with van der Waals surface area (Å²) in [6, 6.07) is 10.1. The highest BCUT2D eigenvalue weighted by molar-refractivity contribution is 7.89. The van der Waals surface area contributed by atoms with E-state index in [-0.39, 0.29) is 24.1 Å². The lowest BCUT2D eigenvalue weighted by atomic mass is 9.75. The fourth-order valence-electron chi connectivity index (χ4n) is 4.81. The minimum atomic E-state index is -5.46. The van der Waals surface area contributed by atoms with Crippen LogP contribution in [0, 0.1) is 0 Å². The highest BCUT2D eigenvalue weighted by atomic mass is 32.2. The topological polar surface area (TPSA) is 165 Å². The van der Waals surface area contributed by atoms with E-state index >= 15 is 0 Å². The van der Waals surface area contributed by atoms with Crippen LogP contribution in [0.4, 0.5) is 38.0 Å². The zero-order valence-corrected chi connectivity index (χ0v) is 23.4. The molecule has 0 unspecified atom stereocenters. The molecule has 240 valence electrons. The summed E-state index contributed by atoms with van der Waals surface area (Å²) in [6.07, 6.45) is -9.52. The summed E-state index contributed by atoms with van der Waals surface area (Å²) in [5.74, 6) is -3.99. The van der Waals surface area contributed by atoms with Gasteiger partial charge in [-0.1, -0.05) is 23.3 Å². The maximum atomic E-state index is 13.6. The van der Waals surface area contributed by atoms with Gasteiger partial charge in [-0.05, 0) is 42.0 Å². The van der Waals surface area contributed by atoms with Crippen molar-refractivity contribution in [2.24, 2.45) is 0 Å². The molecule has 1 aromatic carbocycles. The third-order valence-corrected chi connectivity index (χ3v) is 8.91. The van der Waals surface area contributed by atoms with Gasteiger partial charge in [-0.15, -0.1) is 0 Å². The SMILES string of the molecule is O=C(On1nc(C2(Cc3cccc(Nc4ccn[nH]4)n3)CCN(S(=O)(=O)c3ccccc3C(F)(F)F)CC2)oc1=O)C(F)(F)F. The van der Waals surface area contributed by atoms with Crippen LogP contribution >= 0.6 is 0 Å². The van der Waals surface area contributed by atoms with Crippen LogP contribution in [-0.4, -0.2) is 63.1 Å². The molecule has 1 fully saturated rings. The van der Waals surface area contributed by atoms with Gasteiger partial charge in [0.25, 0.3) is 0 Å². The molecule has 2 N–H and O–H groups in total. The Hall–Kier alpha value is -4.72. The Morgan fingerprint density at radius 1 is 1.04 bits per heavy atom. The van der Waals surface area contributed by atoms with Crippen LogP contribution in [0.25, 0.3) is 0 Å². The predicted molar refractivity (Wildman–Crippen MR) is 139 cm³/mol. The molecule has 0 saturated carbocycles. The van der Waals surface area contributed by atoms with E-state index in [1.54, 1.807) is 24.3 Å². The first-order valence-electron chi connectivity index (χ1n) is 12.9. The Kier molecular flexibility index (Phi) is 8.21. The molecule has 0 bridgehead atoms. The molecule has 4 aromatic rings. The second-order valence-electron chi connectivity index (χ2n) is 9.89. The lowest BCUT2D eigenvalue weighted by Crippen LogP contribution is -2.47. The van der Waals surface area contributed by atoms with Crippen molar-refractivity contribution < 1.29 is 48.8 Å². The van der Waals surface area contributed by atoms with Crippen molar-refractivity contribution in [3.05, 3.63) is 82.4 Å². The smallest absolute Gasteiger partial charge is 0.389 e. The fourth-order valence-corrected chi connectivity index (χ4v) is 6.46. The van der Waals surface area contributed by atoms with Crippen molar-refractivity contribution in [3.63, 3.8) is 0 Å². The number of alkyl halides is 6. The molecular formula is C25H21F6N7O6S. The first-order chi connectivity index (χ1) is 21.1. The molecule has 1 saturated heterocycles. The molecule has 0 atom stereocenters. The van der Waals surface area contributed by atoms with Crippen molar-refractivity contribution in [3.8, 4) is 0 Å². The van der Waals surface area contributed by atoms with E-state index in [2.05, 4.69) is 30.4 Å². The average Bonchev–Trinajstić information content (AvgIpc) is 3.62. The van der Waals surface area contributed by atoms with Gasteiger partial charge in [-0.25, -0.2) is 23.0 Å². The summed E-state index contributed by atoms with van der Waals surface area (Å²) < 4.78 is 112. The van der Waals surface area contributed by atoms with Gasteiger partial charge in [0.15, 0.2) is 0 Å². The number of H-pyrrole nitrogens is 1. The van der Waals surface area contributed by atoms with E-state index in [1.807, 2.05) is 0 Å². The van der Waals surface area contributed by atoms with Crippen LogP contribution in [0.2, 0.25) is 0 Å². The maximum absolute atomic E-state index is 13.6. The minimum absolute atomic E-state index is 0.119. The summed E-state index contributed by atoms with van der Waals surface area (Å²) in [6.45, 7) is -0.807. The Labute approximate surface area is 248 Å². The number of rotatable bonds is 8. The maximum Gasteiger partial charge on any atom is 0.493 e. The second-order valence-corrected chi connectivity index (χ2v) is 11.8. The van der Waals surface area contributed by atoms with E-state index in [0.717, 1.165) is 22.5 Å². The third kappa shape index (κ3) is 6.70. The number of carbonyl (C=O) groups excluding carboxylic acids is 1. The third-order valence-electron chi connectivity index (χ3n) is 6.96. The summed E-state index contributed by atoms with van der Waals surface area (Å²) in [4.78, 5) is 30.9. The van der Waals surface area contributed by atoms with Gasteiger partial charge in [0.2, 0.25) is 15.9 Å². The molecule has 4 heterocycles. The number of nitrogens with one attached hydrogen (secondary N) is 2. The number of pyridine rings is 1. The van der Waals surface area contributed by atoms with E-state index in [9.17, 15) is 44.3 Å². The largest absolute Gasteiger partial charge is 0.493 e. The second kappa shape index (κ2) is 11.7. The quantitative estimate of drug-likeness (QED) is 0.268. The molecule has 0 amide bonds. The molecule has 20 heteroatoms. The van der Waals surface area contributed by atoms with Crippen LogP contribution in [0.5, 0.6) is 0 Å². The van der Waals surface area contributed by atoms with Gasteiger partial charge in [-0.3, -0.25) is 5.10 Å². The van der Waals surface area contributed by atoms with Crippen molar-refractivity contribution in [2.75, 3.05) is 18.4 Å². The lowest BCUT2D eigenvalue weighted by molar-refractivity contribution is -0.202. The first-order valence-corrected chi connectivity index (χ1v) is 14.3. The first kappa shape index (κ1) is 31.7. The molecule has 3 aromatic heterocycles. The van der Waals surface area contributed by atoms with E-state index < -0.39 is 69.0 Å². The molecule has 0 radical (unpaired) electrons. The number of aromatic amines is 1. The van der Waals surface area contributed by atoms with Crippen LogP contribution in [0.15, 0.2) is 68.8 Å². The number of halogens is 6. The average molecular weight is 662 g/mol. The van der Waals surface area contributed by atoms with Gasteiger partial charge in [0.1, 0.15) is 11.6 Å². The molecule has 1 aliphatic heterocycles. The normalized spacial score (nSPS) is 16.0. The number of sulfonamides is 1. The number of benzene rings is 1. The predicted octanol–water partition coefficient (Wildman–Crippen LogP) is 3.20. The highest BCUT2D eigenvalue weighted by Gasteiger charge is 2.47. The fraction of sp³-hybridized carbons (Fsp3) is 0.320. The van der Waals surface area contributed by atoms with Crippen molar-refractivity contribution in [1.82, 2.24) is 29.4 Å². The van der Waals surface area contributed by atoms with Crippen molar-refractivity contribution in [2.45, 2.75) is 41.9 Å². The van der Waals surface area contributed by atoms with Gasteiger partial charge in [0, 0.05) is 31.3 Å². The number of anilines is 2. The Morgan fingerprint density at radius 2 is 1.76 bits per heavy atom. The Bertz CT molecular complexity index is 1850. The lowest BCUT2D eigenvalue weighted by Gasteiger charge is -2.39. The standard InChI is InChI=1S/C25H21F6N7O6S/c26-24(27,28)16-5-1-2-6-17(16)45(41,42)37-12-9-23(10-13-37,20-36-38(22(40)43-20)44-21(39)25(29,30)31)14-15-4-3-7-18(33-15)34-19-8-11-32-35-19/h1-8,11H,9-10,12-14H2,(H2,32,33,34,35). The van der Waals surface area contributed by atoms with E-state index in [1.165, 1.54) is 6.20 Å². The van der Waals surface area contributed by atoms with Crippen LogP contribution in [0.1, 0.15) is 30.0 Å². The number of hydrogen-bond acceptors (Lipinski definition) is 10. The molecule has 5 rings (SSSR count). The molecule has 1 aliphatic rings. The van der Waals surface area contributed by atoms with Crippen LogP contribution in [0.3, 0.4) is 0 Å². The summed E-state index contributed by atoms with van der Waals surface area (Å²) >= 11 is 0. The number of carbonyl (C=O) groups is 1. The summed E-state index contributed by atoms with van der Waals surface area (Å²) in [5, 5.41) is 13.1. The molecule has 0 aliphatic carbocycles. The van der Waals surface area contributed by atoms with Gasteiger partial charge in [0.05, 0.1) is 22.1 Å². The van der Waals surface area contributed by atoms with Gasteiger partial charge in [-0.2, -0.15) is 35.7 Å². The molecule has 13 nitrogen and oxygen atoms in total. The Balaban J connectivity index is 1.48. The monoisotopic (exact) mass is 661 g/mol. The molecular weight excluding hydrogens is 640 g/mol. The number of hydrogen-bond donors (Lipinski definition) is 2. The number of piperidine rings is 1. The number of nitrogens with zero attached hydrogens (tertiary/aromatic N) is 5. The van der Waals surface area contributed by atoms with Gasteiger partial charge < -0.3 is 14.6 Å². The van der Waals surface area contributed by atoms with Crippen molar-refractivity contribution >= 4 is 27.6 Å². The summed E-state index contributed by atoms with van der Waals surface area (Å²) in [7, 11) is -4.69. The Morgan fingerprint density at radius 3 is 2.40 bits per heavy atom. The minimum Gasteiger partial charge on any atom is -0.389 e. The highest BCUT2D eigenvalue weighted by Crippen LogP contribution is 2.41. The van der Waals surface area contributed by atoms with E-state index in [0.29, 0.717) is 23.4 Å². The van der Waals surface area contributed by atoms with Crippen LogP contribution in [-0.2, 0) is 32.8 Å². The van der Waals surface area contributed by atoms with Gasteiger partial charge >= 0.3 is 24.1 Å². The van der Waals surface area contributed by atoms with Crippen molar-refractivity contribution in [1.29, 1.82) is 0 Å². The zero-order valence-electron chi connectivity index (χ0n) is 22.6. The van der Waals surface area contributed by atoms with Crippen LogP contribution < -0.4 is 15.9 Å². The number of aromatic nitrogens is 5.